The van der Waals surface area contributed by atoms with Gasteiger partial charge in [0.1, 0.15) is 6.23 Å². The fourth-order valence-corrected chi connectivity index (χ4v) is 4.55. The van der Waals surface area contributed by atoms with Crippen molar-refractivity contribution in [3.8, 4) is 11.1 Å². The van der Waals surface area contributed by atoms with E-state index in [1.54, 1.807) is 0 Å². The fraction of sp³-hybridized carbons (Fsp3) is 0.308. The van der Waals surface area contributed by atoms with Crippen LogP contribution in [0, 0.1) is 0 Å². The number of aliphatic hydroxyl groups excluding tert-OH is 2. The van der Waals surface area contributed by atoms with Crippen molar-refractivity contribution in [1.82, 2.24) is 0 Å². The molecule has 3 aromatic carbocycles. The van der Waals surface area contributed by atoms with Crippen molar-refractivity contribution in [3.63, 3.8) is 0 Å². The van der Waals surface area contributed by atoms with Gasteiger partial charge in [-0.3, -0.25) is 0 Å². The summed E-state index contributed by atoms with van der Waals surface area (Å²) in [6.07, 6.45) is 2.85. The van der Waals surface area contributed by atoms with Gasteiger partial charge in [0.15, 0.2) is 0 Å². The molecule has 5 heteroatoms. The van der Waals surface area contributed by atoms with Crippen LogP contribution in [0.1, 0.15) is 48.6 Å². The van der Waals surface area contributed by atoms with Gasteiger partial charge in [0.25, 0.3) is 0 Å². The molecule has 0 heterocycles. The Balaban J connectivity index is 1.66. The number of aliphatic hydroxyl groups is 2. The Hall–Kier alpha value is -2.37. The second-order valence-corrected chi connectivity index (χ2v) is 8.73. The van der Waals surface area contributed by atoms with E-state index in [-0.39, 0.29) is 12.1 Å². The van der Waals surface area contributed by atoms with Gasteiger partial charge < -0.3 is 21.3 Å². The number of nitrogens with one attached hydrogen (secondary N) is 1. The van der Waals surface area contributed by atoms with E-state index in [9.17, 15) is 10.2 Å². The maximum Gasteiger partial charge on any atom is 0.130 e. The van der Waals surface area contributed by atoms with Crippen LogP contribution in [-0.2, 0) is 6.42 Å². The lowest BCUT2D eigenvalue weighted by molar-refractivity contribution is 0.126. The smallest absolute Gasteiger partial charge is 0.130 e. The topological polar surface area (TPSA) is 78.5 Å². The summed E-state index contributed by atoms with van der Waals surface area (Å²) >= 11 is 6.40. The normalized spacial score (nSPS) is 19.7. The molecule has 31 heavy (non-hydrogen) atoms. The van der Waals surface area contributed by atoms with Gasteiger partial charge in [-0.05, 0) is 66.5 Å². The highest BCUT2D eigenvalue weighted by atomic mass is 35.5. The summed E-state index contributed by atoms with van der Waals surface area (Å²) in [5.41, 5.74) is 11.8. The molecule has 0 spiro atoms. The van der Waals surface area contributed by atoms with Crippen LogP contribution in [0.2, 0.25) is 5.02 Å². The lowest BCUT2D eigenvalue weighted by Gasteiger charge is -2.28. The van der Waals surface area contributed by atoms with E-state index in [4.69, 9.17) is 17.3 Å². The molecule has 1 atom stereocenters. The zero-order valence-corrected chi connectivity index (χ0v) is 18.2. The maximum absolute atomic E-state index is 10.1. The molecule has 162 valence electrons. The molecular weight excluding hydrogens is 408 g/mol. The van der Waals surface area contributed by atoms with Crippen LogP contribution in [0.15, 0.2) is 66.7 Å². The molecule has 0 amide bonds. The standard InChI is InChI=1S/C26H29ClN2O2/c27-24-8-4-2-6-19(24)15-17-5-1-3-7-22(17)18-9-14-23(26(28)31)25(16-18)29-20-10-12-21(30)13-11-20/h1-9,14,16,20-21,26,29-31H,10-13,15,28H2. The molecule has 1 aliphatic carbocycles. The van der Waals surface area contributed by atoms with Crippen molar-refractivity contribution in [3.05, 3.63) is 88.4 Å². The summed E-state index contributed by atoms with van der Waals surface area (Å²) < 4.78 is 0. The van der Waals surface area contributed by atoms with E-state index in [1.807, 2.05) is 42.5 Å². The number of hydrogen-bond acceptors (Lipinski definition) is 4. The van der Waals surface area contributed by atoms with Gasteiger partial charge in [-0.2, -0.15) is 0 Å². The quantitative estimate of drug-likeness (QED) is 0.397. The number of anilines is 1. The molecule has 0 aromatic heterocycles. The SMILES string of the molecule is NC(O)c1ccc(-c2ccccc2Cc2ccccc2Cl)cc1NC1CCC(O)CC1. The molecule has 3 aromatic rings. The summed E-state index contributed by atoms with van der Waals surface area (Å²) in [5, 5.41) is 24.2. The fourth-order valence-electron chi connectivity index (χ4n) is 4.35. The van der Waals surface area contributed by atoms with Gasteiger partial charge in [0.05, 0.1) is 6.10 Å². The van der Waals surface area contributed by atoms with E-state index in [0.29, 0.717) is 5.56 Å². The van der Waals surface area contributed by atoms with Gasteiger partial charge in [-0.15, -0.1) is 0 Å². The molecular formula is C26H29ClN2O2. The molecule has 0 bridgehead atoms. The van der Waals surface area contributed by atoms with Crippen molar-refractivity contribution < 1.29 is 10.2 Å². The molecule has 1 fully saturated rings. The summed E-state index contributed by atoms with van der Waals surface area (Å²) in [4.78, 5) is 0. The van der Waals surface area contributed by atoms with Crippen LogP contribution in [-0.4, -0.2) is 22.4 Å². The molecule has 0 saturated heterocycles. The molecule has 4 nitrogen and oxygen atoms in total. The molecule has 5 N–H and O–H groups in total. The summed E-state index contributed by atoms with van der Waals surface area (Å²) in [6.45, 7) is 0. The van der Waals surface area contributed by atoms with Crippen LogP contribution in [0.4, 0.5) is 5.69 Å². The van der Waals surface area contributed by atoms with Crippen LogP contribution in [0.5, 0.6) is 0 Å². The monoisotopic (exact) mass is 436 g/mol. The van der Waals surface area contributed by atoms with Crippen molar-refractivity contribution in [2.24, 2.45) is 5.73 Å². The Bertz CT molecular complexity index is 1030. The number of nitrogens with two attached hydrogens (primary N) is 1. The first-order chi connectivity index (χ1) is 15.0. The highest BCUT2D eigenvalue weighted by Crippen LogP contribution is 2.33. The van der Waals surface area contributed by atoms with Crippen molar-refractivity contribution >= 4 is 17.3 Å². The minimum atomic E-state index is -1.05. The molecule has 0 radical (unpaired) electrons. The molecule has 4 rings (SSSR count). The van der Waals surface area contributed by atoms with Crippen molar-refractivity contribution in [1.29, 1.82) is 0 Å². The van der Waals surface area contributed by atoms with Crippen molar-refractivity contribution in [2.75, 3.05) is 5.32 Å². The summed E-state index contributed by atoms with van der Waals surface area (Å²) in [7, 11) is 0. The van der Waals surface area contributed by atoms with Crippen LogP contribution in [0.3, 0.4) is 0 Å². The second-order valence-electron chi connectivity index (χ2n) is 8.32. The Morgan fingerprint density at radius 2 is 1.61 bits per heavy atom. The maximum atomic E-state index is 10.1. The lowest BCUT2D eigenvalue weighted by Crippen LogP contribution is -2.29. The van der Waals surface area contributed by atoms with Gasteiger partial charge in [-0.25, -0.2) is 0 Å². The number of benzene rings is 3. The van der Waals surface area contributed by atoms with E-state index in [0.717, 1.165) is 59.5 Å². The van der Waals surface area contributed by atoms with E-state index >= 15 is 0 Å². The minimum Gasteiger partial charge on any atom is -0.393 e. The first-order valence-corrected chi connectivity index (χ1v) is 11.2. The third-order valence-electron chi connectivity index (χ3n) is 6.10. The average Bonchev–Trinajstić information content (AvgIpc) is 2.77. The van der Waals surface area contributed by atoms with Gasteiger partial charge in [0, 0.05) is 22.3 Å². The first kappa shape index (κ1) is 21.8. The molecule has 1 aliphatic rings. The average molecular weight is 437 g/mol. The highest BCUT2D eigenvalue weighted by molar-refractivity contribution is 6.31. The van der Waals surface area contributed by atoms with Crippen LogP contribution < -0.4 is 11.1 Å². The van der Waals surface area contributed by atoms with Crippen molar-refractivity contribution in [2.45, 2.75) is 50.5 Å². The summed E-state index contributed by atoms with van der Waals surface area (Å²) in [5.74, 6) is 0. The van der Waals surface area contributed by atoms with Crippen LogP contribution >= 0.6 is 11.6 Å². The zero-order chi connectivity index (χ0) is 21.8. The van der Waals surface area contributed by atoms with Crippen LogP contribution in [0.25, 0.3) is 11.1 Å². The number of hydrogen-bond donors (Lipinski definition) is 4. The van der Waals surface area contributed by atoms with Gasteiger partial charge in [0.2, 0.25) is 0 Å². The first-order valence-electron chi connectivity index (χ1n) is 10.8. The predicted molar refractivity (Wildman–Crippen MR) is 127 cm³/mol. The van der Waals surface area contributed by atoms with E-state index in [2.05, 4.69) is 29.6 Å². The third kappa shape index (κ3) is 5.28. The zero-order valence-electron chi connectivity index (χ0n) is 17.5. The number of rotatable bonds is 6. The lowest BCUT2D eigenvalue weighted by atomic mass is 9.91. The minimum absolute atomic E-state index is 0.208. The second kappa shape index (κ2) is 9.84. The predicted octanol–water partition coefficient (Wildman–Crippen LogP) is 5.26. The highest BCUT2D eigenvalue weighted by Gasteiger charge is 2.21. The van der Waals surface area contributed by atoms with E-state index < -0.39 is 6.23 Å². The number of halogens is 1. The Kier molecular flexibility index (Phi) is 6.93. The Morgan fingerprint density at radius 1 is 0.935 bits per heavy atom. The third-order valence-corrected chi connectivity index (χ3v) is 6.46. The Labute approximate surface area is 188 Å². The largest absolute Gasteiger partial charge is 0.393 e. The summed E-state index contributed by atoms with van der Waals surface area (Å²) in [6, 6.07) is 22.5. The van der Waals surface area contributed by atoms with Gasteiger partial charge >= 0.3 is 0 Å². The van der Waals surface area contributed by atoms with E-state index in [1.165, 1.54) is 5.56 Å². The molecule has 1 saturated carbocycles. The molecule has 0 aliphatic heterocycles. The van der Waals surface area contributed by atoms with Gasteiger partial charge in [-0.1, -0.05) is 66.2 Å². The molecule has 1 unspecified atom stereocenters. The Morgan fingerprint density at radius 3 is 2.32 bits per heavy atom.